The summed E-state index contributed by atoms with van der Waals surface area (Å²) in [5, 5.41) is 0. The summed E-state index contributed by atoms with van der Waals surface area (Å²) in [6.45, 7) is 9.16. The molecule has 0 atom stereocenters. The van der Waals surface area contributed by atoms with Gasteiger partial charge in [-0.2, -0.15) is 0 Å². The molecule has 0 amide bonds. The molecule has 0 bridgehead atoms. The molecule has 3 heteroatoms. The van der Waals surface area contributed by atoms with E-state index >= 15 is 0 Å². The number of nitrogens with zero attached hydrogens (tertiary/aromatic N) is 2. The Morgan fingerprint density at radius 2 is 0.746 bits per heavy atom. The van der Waals surface area contributed by atoms with Crippen LogP contribution in [-0.4, -0.2) is 4.70 Å². The predicted octanol–water partition coefficient (Wildman–Crippen LogP) is 18.9. The zero-order valence-corrected chi connectivity index (χ0v) is 40.4. The van der Waals surface area contributed by atoms with Gasteiger partial charge in [-0.25, -0.2) is 4.70 Å². The molecule has 0 unspecified atom stereocenters. The van der Waals surface area contributed by atoms with Gasteiger partial charge in [0.2, 0.25) is 11.4 Å². The zero-order chi connectivity index (χ0) is 42.6. The zero-order valence-electron chi connectivity index (χ0n) is 39.5. The van der Waals surface area contributed by atoms with E-state index in [1.165, 1.54) is 188 Å². The standard InChI is InChI=1S/C54H84N2.2CH3.Ni/c1-5-9-13-17-21-22-23-24-25-26-30-34-38-52-51(37-33-29-20-16-12-8-4)53(49-43-39-47(40-44-49)35-31-27-18-14-10-6-2)56(55)54(52)50-45-41-48(42-46-50)36-32-28-19-15-11-7-3;;;/h39-46H,5-33,35-37H2,1-4H3;2*1H3;. The van der Waals surface area contributed by atoms with Crippen molar-refractivity contribution in [1.29, 1.82) is 0 Å². The molecule has 2 nitrogen and oxygen atoms in total. The van der Waals surface area contributed by atoms with Gasteiger partial charge in [0.1, 0.15) is 5.57 Å². The van der Waals surface area contributed by atoms with Crippen molar-refractivity contribution in [1.82, 2.24) is 0 Å². The third-order valence-electron chi connectivity index (χ3n) is 12.0. The van der Waals surface area contributed by atoms with Crippen molar-refractivity contribution in [3.8, 4) is 11.8 Å². The molecule has 0 N–H and O–H groups in total. The number of benzene rings is 2. The molecule has 0 spiro atoms. The Balaban J connectivity index is 0.00000387. The van der Waals surface area contributed by atoms with Crippen LogP contribution in [0.3, 0.4) is 0 Å². The first-order valence-electron chi connectivity index (χ1n) is 24.9. The second-order valence-electron chi connectivity index (χ2n) is 17.4. The van der Waals surface area contributed by atoms with Crippen LogP contribution in [0.4, 0.5) is 0 Å². The summed E-state index contributed by atoms with van der Waals surface area (Å²) >= 11 is 1.62. The normalized spacial score (nSPS) is 12.6. The molecule has 0 aromatic heterocycles. The van der Waals surface area contributed by atoms with E-state index in [4.69, 9.17) is 0 Å². The topological polar surface area (TPSA) is 25.3 Å². The van der Waals surface area contributed by atoms with E-state index in [-0.39, 0.29) is 0 Å². The SMILES string of the molecule is CCCCCCCCCCCCC#CC1=C(c2ccc(CCCCCCCC)cc2)[N+](=[N-])C(c2ccc(CCCCCCCC)cc2)=C1CCCCCCCC.[CH3][Ni][CH3]. The minimum absolute atomic E-state index is 0.874. The van der Waals surface area contributed by atoms with Gasteiger partial charge in [0.05, 0.1) is 0 Å². The maximum atomic E-state index is 12.2. The van der Waals surface area contributed by atoms with Crippen LogP contribution in [0.2, 0.25) is 11.8 Å². The number of rotatable bonds is 33. The first-order chi connectivity index (χ1) is 29.1. The molecule has 3 rings (SSSR count). The molecule has 1 aliphatic heterocycles. The number of allylic oxidation sites excluding steroid dienone is 2. The molecular formula is C56H90N2Ni. The Bertz CT molecular complexity index is 1470. The molecule has 59 heavy (non-hydrogen) atoms. The van der Waals surface area contributed by atoms with Gasteiger partial charge in [-0.3, -0.25) is 0 Å². The van der Waals surface area contributed by atoms with E-state index in [9.17, 15) is 5.53 Å². The Hall–Kier alpha value is -2.43. The van der Waals surface area contributed by atoms with Gasteiger partial charge >= 0.3 is 26.2 Å². The second kappa shape index (κ2) is 36.2. The molecule has 0 fully saturated rings. The average Bonchev–Trinajstić information content (AvgIpc) is 3.52. The first kappa shape index (κ1) is 52.7. The summed E-state index contributed by atoms with van der Waals surface area (Å²) in [6, 6.07) is 18.2. The van der Waals surface area contributed by atoms with E-state index in [0.29, 0.717) is 0 Å². The molecule has 0 saturated carbocycles. The fourth-order valence-electron chi connectivity index (χ4n) is 8.36. The van der Waals surface area contributed by atoms with Crippen LogP contribution in [0.25, 0.3) is 16.9 Å². The minimum atomic E-state index is 0.874. The van der Waals surface area contributed by atoms with Crippen LogP contribution in [0.1, 0.15) is 243 Å². The van der Waals surface area contributed by atoms with Crippen molar-refractivity contribution >= 4 is 11.4 Å². The molecule has 334 valence electrons. The summed E-state index contributed by atoms with van der Waals surface area (Å²) < 4.78 is 1.52. The van der Waals surface area contributed by atoms with Crippen LogP contribution >= 0.6 is 0 Å². The quantitative estimate of drug-likeness (QED) is 0.0296. The summed E-state index contributed by atoms with van der Waals surface area (Å²) in [5.41, 5.74) is 21.3. The molecule has 0 saturated heterocycles. The average molecular weight is 850 g/mol. The van der Waals surface area contributed by atoms with E-state index in [1.54, 1.807) is 14.4 Å². The number of unbranched alkanes of at least 4 members (excludes halogenated alkanes) is 25. The van der Waals surface area contributed by atoms with Crippen LogP contribution in [0.5, 0.6) is 0 Å². The third-order valence-corrected chi connectivity index (χ3v) is 12.0. The molecule has 1 heterocycles. The molecule has 2 aromatic carbocycles. The van der Waals surface area contributed by atoms with Gasteiger partial charge < -0.3 is 5.53 Å². The Morgan fingerprint density at radius 3 is 1.14 bits per heavy atom. The monoisotopic (exact) mass is 849 g/mol. The van der Waals surface area contributed by atoms with Crippen LogP contribution in [0.15, 0.2) is 59.7 Å². The molecule has 1 aliphatic rings. The van der Waals surface area contributed by atoms with Gasteiger partial charge in [-0.05, 0) is 80.3 Å². The van der Waals surface area contributed by atoms with Gasteiger partial charge in [-0.15, -0.1) is 0 Å². The van der Waals surface area contributed by atoms with Gasteiger partial charge in [0.15, 0.2) is 0 Å². The van der Waals surface area contributed by atoms with Gasteiger partial charge in [0, 0.05) is 23.1 Å². The summed E-state index contributed by atoms with van der Waals surface area (Å²) in [4.78, 5) is 0. The van der Waals surface area contributed by atoms with Crippen LogP contribution < -0.4 is 0 Å². The molecule has 0 aliphatic carbocycles. The van der Waals surface area contributed by atoms with E-state index in [2.05, 4.69) is 99.9 Å². The van der Waals surface area contributed by atoms with Gasteiger partial charge in [0.25, 0.3) is 0 Å². The number of hydrogen-bond donors (Lipinski definition) is 0. The Morgan fingerprint density at radius 1 is 0.424 bits per heavy atom. The first-order valence-corrected chi connectivity index (χ1v) is 26.9. The molecule has 2 aromatic rings. The summed E-state index contributed by atoms with van der Waals surface area (Å²) in [5.74, 6) is 11.5. The Labute approximate surface area is 373 Å². The van der Waals surface area contributed by atoms with Gasteiger partial charge in [-0.1, -0.05) is 218 Å². The van der Waals surface area contributed by atoms with E-state index in [0.717, 1.165) is 66.6 Å². The summed E-state index contributed by atoms with van der Waals surface area (Å²) in [7, 11) is 0. The van der Waals surface area contributed by atoms with Crippen molar-refractivity contribution in [3.05, 3.63) is 87.5 Å². The van der Waals surface area contributed by atoms with E-state index in [1.807, 2.05) is 0 Å². The molecular weight excluding hydrogens is 759 g/mol. The van der Waals surface area contributed by atoms with Crippen molar-refractivity contribution < 1.29 is 19.1 Å². The maximum absolute atomic E-state index is 12.2. The third kappa shape index (κ3) is 22.8. The number of aryl methyl sites for hydroxylation is 2. The van der Waals surface area contributed by atoms with Crippen molar-refractivity contribution in [2.24, 2.45) is 0 Å². The summed E-state index contributed by atoms with van der Waals surface area (Å²) in [6.07, 6.45) is 40.9. The van der Waals surface area contributed by atoms with Crippen molar-refractivity contribution in [3.63, 3.8) is 0 Å². The fraction of sp³-hybridized carbons (Fsp3) is 0.679. The Kier molecular flexibility index (Phi) is 32.4. The van der Waals surface area contributed by atoms with Crippen molar-refractivity contribution in [2.45, 2.75) is 245 Å². The van der Waals surface area contributed by atoms with Crippen LogP contribution in [-0.2, 0) is 27.3 Å². The number of hydrogen-bond acceptors (Lipinski definition) is 0. The van der Waals surface area contributed by atoms with Crippen molar-refractivity contribution in [2.75, 3.05) is 0 Å². The second-order valence-corrected chi connectivity index (χ2v) is 18.3. The van der Waals surface area contributed by atoms with E-state index < -0.39 is 0 Å². The molecule has 0 radical (unpaired) electrons. The predicted molar refractivity (Wildman–Crippen MR) is 258 cm³/mol. The van der Waals surface area contributed by atoms with Crippen LogP contribution in [0, 0.1) is 11.8 Å². The fourth-order valence-corrected chi connectivity index (χ4v) is 8.36.